The first-order valence-electron chi connectivity index (χ1n) is 15.9. The third-order valence-corrected chi connectivity index (χ3v) is 11.9. The largest absolute Gasteiger partial charge is 0.354 e. The zero-order chi connectivity index (χ0) is 32.6. The molecule has 4 heterocycles. The molecule has 1 aromatic carbocycles. The molecule has 4 fully saturated rings. The molecule has 1 aromatic heterocycles. The number of nitrogens with zero attached hydrogens (tertiary/aromatic N) is 4. The number of carbonyl (C=O) groups excluding carboxylic acids is 2. The summed E-state index contributed by atoms with van der Waals surface area (Å²) >= 11 is 6.25. The molecule has 0 spiro atoms. The molecule has 1 aliphatic carbocycles. The lowest BCUT2D eigenvalue weighted by molar-refractivity contribution is -0.129. The molecule has 1 saturated carbocycles. The van der Waals surface area contributed by atoms with Crippen LogP contribution in [0.25, 0.3) is 0 Å². The lowest BCUT2D eigenvalue weighted by Crippen LogP contribution is -2.49. The number of carbonyl (C=O) groups is 2. The molecule has 46 heavy (non-hydrogen) atoms. The number of hydrogen-bond donors (Lipinski definition) is 3. The quantitative estimate of drug-likeness (QED) is 0.362. The van der Waals surface area contributed by atoms with Gasteiger partial charge in [-0.1, -0.05) is 11.6 Å². The van der Waals surface area contributed by atoms with E-state index >= 15 is 8.78 Å². The van der Waals surface area contributed by atoms with Gasteiger partial charge in [0.15, 0.2) is 0 Å². The SMILES string of the molecule is N[C@@H]1CNC[C@@H]1NC(=O)[C@H]1CC[C@H](C(F)(F)c2cc(Cl)nc(N3CCN(S(=O)(=O)c4ccc(N5CCCC5=O)cc4)CC3)c2)CC1. The second-order valence-electron chi connectivity index (χ2n) is 12.7. The van der Waals surface area contributed by atoms with Crippen LogP contribution in [0.5, 0.6) is 0 Å². The van der Waals surface area contributed by atoms with Crippen molar-refractivity contribution in [2.75, 3.05) is 55.6 Å². The molecular weight excluding hydrogens is 640 g/mol. The molecule has 0 bridgehead atoms. The van der Waals surface area contributed by atoms with Gasteiger partial charge in [-0.2, -0.15) is 4.31 Å². The number of sulfonamides is 1. The molecule has 4 aliphatic rings. The minimum absolute atomic E-state index is 0.0255. The van der Waals surface area contributed by atoms with Crippen LogP contribution >= 0.6 is 11.6 Å². The van der Waals surface area contributed by atoms with Crippen LogP contribution in [0.15, 0.2) is 41.3 Å². The number of amides is 2. The van der Waals surface area contributed by atoms with Gasteiger partial charge in [-0.25, -0.2) is 22.2 Å². The topological polar surface area (TPSA) is 141 Å². The molecule has 2 amide bonds. The molecule has 250 valence electrons. The Balaban J connectivity index is 1.06. The van der Waals surface area contributed by atoms with E-state index in [1.807, 2.05) is 0 Å². The molecule has 4 N–H and O–H groups in total. The van der Waals surface area contributed by atoms with Gasteiger partial charge < -0.3 is 26.2 Å². The van der Waals surface area contributed by atoms with Crippen LogP contribution in [0.2, 0.25) is 5.15 Å². The van der Waals surface area contributed by atoms with Crippen LogP contribution < -0.4 is 26.2 Å². The average molecular weight is 680 g/mol. The molecule has 3 saturated heterocycles. The normalized spacial score (nSPS) is 26.5. The number of piperazine rings is 1. The van der Waals surface area contributed by atoms with E-state index in [4.69, 9.17) is 17.3 Å². The van der Waals surface area contributed by atoms with Crippen molar-refractivity contribution in [1.29, 1.82) is 0 Å². The van der Waals surface area contributed by atoms with Crippen molar-refractivity contribution in [2.45, 2.75) is 61.4 Å². The van der Waals surface area contributed by atoms with E-state index in [1.165, 1.54) is 28.6 Å². The Morgan fingerprint density at radius 1 is 1.02 bits per heavy atom. The number of rotatable bonds is 8. The van der Waals surface area contributed by atoms with E-state index in [0.29, 0.717) is 44.6 Å². The van der Waals surface area contributed by atoms with Crippen molar-refractivity contribution < 1.29 is 26.8 Å². The summed E-state index contributed by atoms with van der Waals surface area (Å²) in [5, 5.41) is 6.05. The minimum atomic E-state index is -3.80. The Morgan fingerprint density at radius 3 is 2.33 bits per heavy atom. The Morgan fingerprint density at radius 2 is 1.72 bits per heavy atom. The van der Waals surface area contributed by atoms with Crippen LogP contribution in [-0.2, 0) is 25.5 Å². The Labute approximate surface area is 272 Å². The zero-order valence-corrected chi connectivity index (χ0v) is 27.1. The van der Waals surface area contributed by atoms with Gasteiger partial charge in [-0.3, -0.25) is 9.59 Å². The third-order valence-electron chi connectivity index (χ3n) is 9.79. The fourth-order valence-corrected chi connectivity index (χ4v) is 8.60. The number of benzene rings is 1. The van der Waals surface area contributed by atoms with E-state index in [-0.39, 0.29) is 90.3 Å². The smallest absolute Gasteiger partial charge is 0.276 e. The van der Waals surface area contributed by atoms with E-state index in [9.17, 15) is 18.0 Å². The number of aromatic nitrogens is 1. The van der Waals surface area contributed by atoms with E-state index in [1.54, 1.807) is 21.9 Å². The van der Waals surface area contributed by atoms with E-state index < -0.39 is 21.9 Å². The van der Waals surface area contributed by atoms with Gasteiger partial charge in [-0.15, -0.1) is 0 Å². The van der Waals surface area contributed by atoms with Crippen molar-refractivity contribution in [2.24, 2.45) is 17.6 Å². The maximum absolute atomic E-state index is 15.9. The van der Waals surface area contributed by atoms with Crippen molar-refractivity contribution in [3.63, 3.8) is 0 Å². The molecule has 6 rings (SSSR count). The van der Waals surface area contributed by atoms with Gasteiger partial charge in [0.25, 0.3) is 5.92 Å². The third kappa shape index (κ3) is 6.73. The standard InChI is InChI=1S/C31H40ClF2N7O4S/c32-27-16-22(31(33,34)21-5-3-20(4-6-21)30(43)37-26-19-36-18-25(26)35)17-28(38-27)39-12-14-40(15-13-39)46(44,45)24-9-7-23(8-10-24)41-11-1-2-29(41)42/h7-10,16-17,20-21,25-26,36H,1-6,11-15,18-19,35H2,(H,37,43)/t20-,21-,25-,26+/m1/s1. The first kappa shape index (κ1) is 33.0. The number of nitrogens with two attached hydrogens (primary N) is 1. The molecule has 3 aliphatic heterocycles. The van der Waals surface area contributed by atoms with Gasteiger partial charge >= 0.3 is 0 Å². The number of hydrogen-bond acceptors (Lipinski definition) is 8. The number of halogens is 3. The first-order valence-corrected chi connectivity index (χ1v) is 17.7. The van der Waals surface area contributed by atoms with Crippen molar-refractivity contribution in [3.8, 4) is 0 Å². The van der Waals surface area contributed by atoms with Gasteiger partial charge in [0.05, 0.1) is 10.9 Å². The monoisotopic (exact) mass is 679 g/mol. The van der Waals surface area contributed by atoms with Crippen LogP contribution in [0.1, 0.15) is 44.1 Å². The molecule has 11 nitrogen and oxygen atoms in total. The predicted octanol–water partition coefficient (Wildman–Crippen LogP) is 2.69. The minimum Gasteiger partial charge on any atom is -0.354 e. The summed E-state index contributed by atoms with van der Waals surface area (Å²) < 4.78 is 59.9. The highest BCUT2D eigenvalue weighted by molar-refractivity contribution is 7.89. The van der Waals surface area contributed by atoms with Gasteiger partial charge in [0.2, 0.25) is 21.8 Å². The highest BCUT2D eigenvalue weighted by atomic mass is 35.5. The number of anilines is 2. The Bertz CT molecular complexity index is 1550. The summed E-state index contributed by atoms with van der Waals surface area (Å²) in [5.41, 5.74) is 6.46. The highest BCUT2D eigenvalue weighted by Gasteiger charge is 2.45. The van der Waals surface area contributed by atoms with Crippen molar-refractivity contribution in [1.82, 2.24) is 19.9 Å². The summed E-state index contributed by atoms with van der Waals surface area (Å²) in [5.74, 6) is -4.29. The fraction of sp³-hybridized carbons (Fsp3) is 0.581. The summed E-state index contributed by atoms with van der Waals surface area (Å²) in [6, 6.07) is 8.55. The maximum Gasteiger partial charge on any atom is 0.276 e. The number of alkyl halides is 2. The molecule has 2 aromatic rings. The molecule has 0 unspecified atom stereocenters. The average Bonchev–Trinajstić information content (AvgIpc) is 3.67. The molecule has 2 atom stereocenters. The highest BCUT2D eigenvalue weighted by Crippen LogP contribution is 2.46. The molecule has 0 radical (unpaired) electrons. The van der Waals surface area contributed by atoms with Crippen LogP contribution in [0.3, 0.4) is 0 Å². The lowest BCUT2D eigenvalue weighted by atomic mass is 9.77. The molecule has 15 heteroatoms. The summed E-state index contributed by atoms with van der Waals surface area (Å²) in [7, 11) is -3.80. The lowest BCUT2D eigenvalue weighted by Gasteiger charge is -2.36. The van der Waals surface area contributed by atoms with Gasteiger partial charge in [-0.05, 0) is 68.5 Å². The van der Waals surface area contributed by atoms with Crippen LogP contribution in [0, 0.1) is 11.8 Å². The first-order chi connectivity index (χ1) is 21.9. The van der Waals surface area contributed by atoms with E-state index in [2.05, 4.69) is 15.6 Å². The second kappa shape index (κ2) is 13.3. The predicted molar refractivity (Wildman–Crippen MR) is 170 cm³/mol. The molecular formula is C31H40ClF2N7O4S. The number of nitrogens with one attached hydrogen (secondary N) is 2. The van der Waals surface area contributed by atoms with Crippen LogP contribution in [-0.4, -0.2) is 87.4 Å². The van der Waals surface area contributed by atoms with Crippen molar-refractivity contribution in [3.05, 3.63) is 47.1 Å². The Hall–Kier alpha value is -2.91. The van der Waals surface area contributed by atoms with Crippen LogP contribution in [0.4, 0.5) is 20.3 Å². The number of pyridine rings is 1. The van der Waals surface area contributed by atoms with Gasteiger partial charge in [0.1, 0.15) is 11.0 Å². The second-order valence-corrected chi connectivity index (χ2v) is 15.0. The summed E-state index contributed by atoms with van der Waals surface area (Å²) in [6.45, 7) is 2.63. The summed E-state index contributed by atoms with van der Waals surface area (Å²) in [6.07, 6.45) is 2.38. The Kier molecular flexibility index (Phi) is 9.55. The van der Waals surface area contributed by atoms with Gasteiger partial charge in [0, 0.05) is 81.4 Å². The summed E-state index contributed by atoms with van der Waals surface area (Å²) in [4.78, 5) is 32.6. The fourth-order valence-electron chi connectivity index (χ4n) is 6.97. The van der Waals surface area contributed by atoms with Crippen molar-refractivity contribution >= 4 is 44.9 Å². The van der Waals surface area contributed by atoms with E-state index in [0.717, 1.165) is 6.42 Å². The maximum atomic E-state index is 15.9. The zero-order valence-electron chi connectivity index (χ0n) is 25.5.